The summed E-state index contributed by atoms with van der Waals surface area (Å²) in [5.74, 6) is -0.123. The Labute approximate surface area is 163 Å². The molecule has 2 aromatic carbocycles. The van der Waals surface area contributed by atoms with Gasteiger partial charge in [-0.2, -0.15) is 0 Å². The monoisotopic (exact) mass is 382 g/mol. The van der Waals surface area contributed by atoms with E-state index in [4.69, 9.17) is 4.74 Å². The maximum Gasteiger partial charge on any atom is 0.227 e. The van der Waals surface area contributed by atoms with Crippen LogP contribution in [0.3, 0.4) is 0 Å². The van der Waals surface area contributed by atoms with E-state index in [-0.39, 0.29) is 35.4 Å². The molecule has 1 saturated heterocycles. The van der Waals surface area contributed by atoms with Crippen LogP contribution in [0.5, 0.6) is 5.75 Å². The Kier molecular flexibility index (Phi) is 4.79. The van der Waals surface area contributed by atoms with Crippen molar-refractivity contribution in [3.05, 3.63) is 59.9 Å². The maximum atomic E-state index is 13.2. The average molecular weight is 382 g/mol. The Morgan fingerprint density at radius 3 is 2.68 bits per heavy atom. The van der Waals surface area contributed by atoms with E-state index in [9.17, 15) is 14.0 Å². The normalized spacial score (nSPS) is 20.1. The fraction of sp³-hybridized carbons (Fsp3) is 0.364. The SMILES string of the molecule is COc1cccc(N2CC(C(=O)NCC3(c4ccc(F)cc4)CC3)CC2=O)c1. The third-order valence-corrected chi connectivity index (χ3v) is 5.77. The van der Waals surface area contributed by atoms with Gasteiger partial charge in [-0.1, -0.05) is 18.2 Å². The first-order chi connectivity index (χ1) is 13.5. The van der Waals surface area contributed by atoms with Crippen LogP contribution >= 0.6 is 0 Å². The van der Waals surface area contributed by atoms with Gasteiger partial charge in [-0.25, -0.2) is 4.39 Å². The lowest BCUT2D eigenvalue weighted by Gasteiger charge is -2.19. The summed E-state index contributed by atoms with van der Waals surface area (Å²) in [4.78, 5) is 26.7. The van der Waals surface area contributed by atoms with E-state index in [1.54, 1.807) is 30.2 Å². The van der Waals surface area contributed by atoms with Crippen molar-refractivity contribution in [2.24, 2.45) is 5.92 Å². The summed E-state index contributed by atoms with van der Waals surface area (Å²) in [5.41, 5.74) is 1.69. The van der Waals surface area contributed by atoms with E-state index in [0.29, 0.717) is 18.8 Å². The topological polar surface area (TPSA) is 58.6 Å². The lowest BCUT2D eigenvalue weighted by Crippen LogP contribution is -2.37. The standard InChI is InChI=1S/C22H23FN2O3/c1-28-19-4-2-3-18(12-19)25-13-15(11-20(25)26)21(27)24-14-22(9-10-22)16-5-7-17(23)8-6-16/h2-8,12,15H,9-11,13-14H2,1H3,(H,24,27). The number of hydrogen-bond acceptors (Lipinski definition) is 3. The molecule has 2 aliphatic rings. The van der Waals surface area contributed by atoms with Crippen LogP contribution in [-0.2, 0) is 15.0 Å². The molecule has 2 aromatic rings. The molecule has 1 saturated carbocycles. The van der Waals surface area contributed by atoms with Crippen LogP contribution in [0.15, 0.2) is 48.5 Å². The molecule has 6 heteroatoms. The molecule has 0 radical (unpaired) electrons. The summed E-state index contributed by atoms with van der Waals surface area (Å²) in [6.45, 7) is 0.878. The van der Waals surface area contributed by atoms with Crippen molar-refractivity contribution in [2.45, 2.75) is 24.7 Å². The summed E-state index contributed by atoms with van der Waals surface area (Å²) < 4.78 is 18.4. The fourth-order valence-electron chi connectivity index (χ4n) is 3.83. The molecule has 5 nitrogen and oxygen atoms in total. The highest BCUT2D eigenvalue weighted by Gasteiger charge is 2.45. The maximum absolute atomic E-state index is 13.2. The number of nitrogens with one attached hydrogen (secondary N) is 1. The number of benzene rings is 2. The Bertz CT molecular complexity index is 893. The van der Waals surface area contributed by atoms with Crippen LogP contribution in [0.25, 0.3) is 0 Å². The summed E-state index contributed by atoms with van der Waals surface area (Å²) in [6, 6.07) is 13.8. The van der Waals surface area contributed by atoms with Gasteiger partial charge in [0.2, 0.25) is 11.8 Å². The zero-order chi connectivity index (χ0) is 19.7. The Balaban J connectivity index is 1.38. The molecule has 1 aliphatic heterocycles. The van der Waals surface area contributed by atoms with Gasteiger partial charge in [0, 0.05) is 36.7 Å². The van der Waals surface area contributed by atoms with Crippen LogP contribution in [-0.4, -0.2) is 32.0 Å². The number of anilines is 1. The van der Waals surface area contributed by atoms with Gasteiger partial charge < -0.3 is 15.0 Å². The Hall–Kier alpha value is -2.89. The molecule has 146 valence electrons. The van der Waals surface area contributed by atoms with Crippen LogP contribution in [0.2, 0.25) is 0 Å². The van der Waals surface area contributed by atoms with Crippen LogP contribution in [0.4, 0.5) is 10.1 Å². The number of amides is 2. The number of methoxy groups -OCH3 is 1. The largest absolute Gasteiger partial charge is 0.497 e. The predicted molar refractivity (Wildman–Crippen MR) is 104 cm³/mol. The molecular formula is C22H23FN2O3. The van der Waals surface area contributed by atoms with Gasteiger partial charge >= 0.3 is 0 Å². The van der Waals surface area contributed by atoms with Gasteiger partial charge in [0.1, 0.15) is 11.6 Å². The zero-order valence-corrected chi connectivity index (χ0v) is 15.8. The van der Waals surface area contributed by atoms with E-state index >= 15 is 0 Å². The average Bonchev–Trinajstić information content (AvgIpc) is 3.41. The molecule has 4 rings (SSSR count). The molecule has 0 aromatic heterocycles. The zero-order valence-electron chi connectivity index (χ0n) is 15.8. The van der Waals surface area contributed by atoms with E-state index in [0.717, 1.165) is 24.1 Å². The second kappa shape index (κ2) is 7.26. The van der Waals surface area contributed by atoms with Crippen LogP contribution < -0.4 is 15.0 Å². The summed E-state index contributed by atoms with van der Waals surface area (Å²) >= 11 is 0. The van der Waals surface area contributed by atoms with Crippen molar-refractivity contribution in [2.75, 3.05) is 25.1 Å². The van der Waals surface area contributed by atoms with Gasteiger partial charge in [-0.05, 0) is 42.7 Å². The fourth-order valence-corrected chi connectivity index (χ4v) is 3.83. The quantitative estimate of drug-likeness (QED) is 0.836. The third kappa shape index (κ3) is 3.59. The number of carbonyl (C=O) groups excluding carboxylic acids is 2. The Morgan fingerprint density at radius 2 is 2.00 bits per heavy atom. The summed E-state index contributed by atoms with van der Waals surface area (Å²) in [6.07, 6.45) is 2.14. The smallest absolute Gasteiger partial charge is 0.227 e. The number of ether oxygens (including phenoxy) is 1. The van der Waals surface area contributed by atoms with Crippen molar-refractivity contribution in [1.29, 1.82) is 0 Å². The van der Waals surface area contributed by atoms with Crippen LogP contribution in [0, 0.1) is 11.7 Å². The van der Waals surface area contributed by atoms with E-state index in [2.05, 4.69) is 5.32 Å². The first-order valence-corrected chi connectivity index (χ1v) is 9.49. The number of carbonyl (C=O) groups is 2. The third-order valence-electron chi connectivity index (χ3n) is 5.77. The van der Waals surface area contributed by atoms with Gasteiger partial charge in [-0.15, -0.1) is 0 Å². The van der Waals surface area contributed by atoms with Crippen LogP contribution in [0.1, 0.15) is 24.8 Å². The number of rotatable bonds is 6. The number of halogens is 1. The molecule has 1 unspecified atom stereocenters. The minimum Gasteiger partial charge on any atom is -0.497 e. The molecule has 28 heavy (non-hydrogen) atoms. The second-order valence-electron chi connectivity index (χ2n) is 7.61. The van der Waals surface area contributed by atoms with Gasteiger partial charge in [0.25, 0.3) is 0 Å². The minimum absolute atomic E-state index is 0.0620. The summed E-state index contributed by atoms with van der Waals surface area (Å²) in [7, 11) is 1.58. The van der Waals surface area contributed by atoms with E-state index in [1.165, 1.54) is 12.1 Å². The predicted octanol–water partition coefficient (Wildman–Crippen LogP) is 3.04. The van der Waals surface area contributed by atoms with Gasteiger partial charge in [-0.3, -0.25) is 9.59 Å². The molecule has 1 N–H and O–H groups in total. The van der Waals surface area contributed by atoms with E-state index in [1.807, 2.05) is 18.2 Å². The Morgan fingerprint density at radius 1 is 1.25 bits per heavy atom. The summed E-state index contributed by atoms with van der Waals surface area (Å²) in [5, 5.41) is 3.02. The highest BCUT2D eigenvalue weighted by atomic mass is 19.1. The molecule has 0 bridgehead atoms. The molecule has 1 atom stereocenters. The minimum atomic E-state index is -0.372. The highest BCUT2D eigenvalue weighted by molar-refractivity contribution is 6.00. The van der Waals surface area contributed by atoms with Crippen molar-refractivity contribution in [3.63, 3.8) is 0 Å². The highest BCUT2D eigenvalue weighted by Crippen LogP contribution is 2.47. The first-order valence-electron chi connectivity index (χ1n) is 9.49. The van der Waals surface area contributed by atoms with Crippen molar-refractivity contribution < 1.29 is 18.7 Å². The van der Waals surface area contributed by atoms with Crippen molar-refractivity contribution >= 4 is 17.5 Å². The van der Waals surface area contributed by atoms with Crippen molar-refractivity contribution in [1.82, 2.24) is 5.32 Å². The first kappa shape index (κ1) is 18.5. The lowest BCUT2D eigenvalue weighted by molar-refractivity contribution is -0.126. The molecule has 1 aliphatic carbocycles. The van der Waals surface area contributed by atoms with Crippen molar-refractivity contribution in [3.8, 4) is 5.75 Å². The van der Waals surface area contributed by atoms with E-state index < -0.39 is 0 Å². The molecule has 0 spiro atoms. The molecular weight excluding hydrogens is 359 g/mol. The number of nitrogens with zero attached hydrogens (tertiary/aromatic N) is 1. The molecule has 2 fully saturated rings. The number of hydrogen-bond donors (Lipinski definition) is 1. The second-order valence-corrected chi connectivity index (χ2v) is 7.61. The molecule has 1 heterocycles. The molecule has 2 amide bonds. The van der Waals surface area contributed by atoms with Gasteiger partial charge in [0.05, 0.1) is 13.0 Å². The lowest BCUT2D eigenvalue weighted by atomic mass is 9.95. The van der Waals surface area contributed by atoms with Gasteiger partial charge in [0.15, 0.2) is 0 Å².